The summed E-state index contributed by atoms with van der Waals surface area (Å²) in [6.07, 6.45) is 20.4. The molecular formula is C21H35BrN2. The van der Waals surface area contributed by atoms with Crippen molar-refractivity contribution in [2.75, 3.05) is 13.6 Å². The standard InChI is InChI=1S/C21H35N2.BrH/c1-22-15-9-14-21(22)20-13-8-17-23(18-20)16-7-3-2-4-10-19-11-5-6-12-19;/h8,13,17-19,21H,2-7,9-12,14-16H2,1H3;1H/q+1;/p-1/t21-;/m0./s1. The van der Waals surface area contributed by atoms with Crippen LogP contribution in [-0.2, 0) is 6.54 Å². The Bertz CT molecular complexity index is 471. The first kappa shape index (κ1) is 19.9. The van der Waals surface area contributed by atoms with Gasteiger partial charge >= 0.3 is 0 Å². The maximum absolute atomic E-state index is 2.50. The Kier molecular flexibility index (Phi) is 8.75. The summed E-state index contributed by atoms with van der Waals surface area (Å²) >= 11 is 0. The van der Waals surface area contributed by atoms with Crippen molar-refractivity contribution in [2.45, 2.75) is 83.2 Å². The van der Waals surface area contributed by atoms with E-state index >= 15 is 0 Å². The van der Waals surface area contributed by atoms with Crippen molar-refractivity contribution >= 4 is 0 Å². The molecule has 1 aromatic heterocycles. The molecule has 1 saturated carbocycles. The minimum Gasteiger partial charge on any atom is -1.00 e. The third-order valence-electron chi connectivity index (χ3n) is 6.04. The topological polar surface area (TPSA) is 7.12 Å². The molecule has 2 aliphatic rings. The molecule has 136 valence electrons. The van der Waals surface area contributed by atoms with E-state index in [4.69, 9.17) is 0 Å². The van der Waals surface area contributed by atoms with Crippen LogP contribution in [0.4, 0.5) is 0 Å². The zero-order valence-corrected chi connectivity index (χ0v) is 17.0. The largest absolute Gasteiger partial charge is 1.00 e. The van der Waals surface area contributed by atoms with Crippen molar-refractivity contribution in [3.8, 4) is 0 Å². The number of pyridine rings is 1. The number of aromatic nitrogens is 1. The molecule has 3 heteroatoms. The number of hydrogen-bond acceptors (Lipinski definition) is 1. The molecular weight excluding hydrogens is 360 g/mol. The van der Waals surface area contributed by atoms with Crippen LogP contribution in [0.3, 0.4) is 0 Å². The number of rotatable bonds is 8. The lowest BCUT2D eigenvalue weighted by molar-refractivity contribution is -0.697. The molecule has 0 aromatic carbocycles. The van der Waals surface area contributed by atoms with Crippen LogP contribution in [0.5, 0.6) is 0 Å². The Morgan fingerprint density at radius 1 is 1.04 bits per heavy atom. The van der Waals surface area contributed by atoms with Crippen molar-refractivity contribution in [3.05, 3.63) is 30.1 Å². The van der Waals surface area contributed by atoms with Crippen LogP contribution in [0.2, 0.25) is 0 Å². The number of nitrogens with zero attached hydrogens (tertiary/aromatic N) is 2. The van der Waals surface area contributed by atoms with E-state index in [1.165, 1.54) is 89.3 Å². The van der Waals surface area contributed by atoms with E-state index in [0.29, 0.717) is 6.04 Å². The molecule has 2 fully saturated rings. The second-order valence-electron chi connectivity index (χ2n) is 7.87. The Morgan fingerprint density at radius 2 is 1.83 bits per heavy atom. The van der Waals surface area contributed by atoms with Crippen LogP contribution in [0.25, 0.3) is 0 Å². The van der Waals surface area contributed by atoms with Gasteiger partial charge in [0.05, 0.1) is 0 Å². The van der Waals surface area contributed by atoms with Crippen molar-refractivity contribution in [2.24, 2.45) is 5.92 Å². The molecule has 1 aliphatic heterocycles. The number of likely N-dealkylation sites (tertiary alicyclic amines) is 1. The molecule has 0 bridgehead atoms. The summed E-state index contributed by atoms with van der Waals surface area (Å²) < 4.78 is 2.42. The molecule has 0 radical (unpaired) electrons. The van der Waals surface area contributed by atoms with Gasteiger partial charge in [0.2, 0.25) is 0 Å². The van der Waals surface area contributed by atoms with Gasteiger partial charge < -0.3 is 17.0 Å². The van der Waals surface area contributed by atoms with Crippen molar-refractivity contribution in [1.29, 1.82) is 0 Å². The van der Waals surface area contributed by atoms with Gasteiger partial charge in [-0.05, 0) is 44.8 Å². The van der Waals surface area contributed by atoms with Gasteiger partial charge in [-0.25, -0.2) is 4.57 Å². The van der Waals surface area contributed by atoms with Gasteiger partial charge in [0.15, 0.2) is 12.4 Å². The monoisotopic (exact) mass is 394 g/mol. The summed E-state index contributed by atoms with van der Waals surface area (Å²) in [6, 6.07) is 5.19. The summed E-state index contributed by atoms with van der Waals surface area (Å²) in [7, 11) is 2.26. The Hall–Kier alpha value is -0.410. The molecule has 0 unspecified atom stereocenters. The molecule has 0 amide bonds. The van der Waals surface area contributed by atoms with Crippen LogP contribution in [-0.4, -0.2) is 18.5 Å². The summed E-state index contributed by atoms with van der Waals surface area (Å²) in [4.78, 5) is 2.50. The molecule has 2 nitrogen and oxygen atoms in total. The highest BCUT2D eigenvalue weighted by atomic mass is 79.9. The third kappa shape index (κ3) is 5.84. The summed E-state index contributed by atoms with van der Waals surface area (Å²) in [5, 5.41) is 0. The van der Waals surface area contributed by atoms with Crippen LogP contribution in [0, 0.1) is 5.92 Å². The van der Waals surface area contributed by atoms with Crippen molar-refractivity contribution in [1.82, 2.24) is 4.90 Å². The highest BCUT2D eigenvalue weighted by molar-refractivity contribution is 5.12. The normalized spacial score (nSPS) is 22.0. The van der Waals surface area contributed by atoms with Gasteiger partial charge in [0.1, 0.15) is 6.54 Å². The van der Waals surface area contributed by atoms with E-state index in [1.54, 1.807) is 0 Å². The highest BCUT2D eigenvalue weighted by Crippen LogP contribution is 2.30. The van der Waals surface area contributed by atoms with Gasteiger partial charge in [-0.2, -0.15) is 0 Å². The van der Waals surface area contributed by atoms with E-state index in [1.807, 2.05) is 0 Å². The van der Waals surface area contributed by atoms with Crippen molar-refractivity contribution < 1.29 is 21.5 Å². The van der Waals surface area contributed by atoms with Crippen molar-refractivity contribution in [3.63, 3.8) is 0 Å². The number of unbranched alkanes of at least 4 members (excludes halogenated alkanes) is 3. The Labute approximate surface area is 159 Å². The van der Waals surface area contributed by atoms with E-state index < -0.39 is 0 Å². The van der Waals surface area contributed by atoms with E-state index in [0.717, 1.165) is 5.92 Å². The number of halogens is 1. The van der Waals surface area contributed by atoms with E-state index in [9.17, 15) is 0 Å². The smallest absolute Gasteiger partial charge is 0.173 e. The highest BCUT2D eigenvalue weighted by Gasteiger charge is 2.24. The Morgan fingerprint density at radius 3 is 2.58 bits per heavy atom. The Balaban J connectivity index is 0.00000208. The number of hydrogen-bond donors (Lipinski definition) is 0. The average Bonchev–Trinajstić information content (AvgIpc) is 3.22. The van der Waals surface area contributed by atoms with E-state index in [2.05, 4.69) is 41.0 Å². The first-order valence-corrected chi connectivity index (χ1v) is 10.0. The van der Waals surface area contributed by atoms with Crippen LogP contribution < -0.4 is 21.5 Å². The molecule has 24 heavy (non-hydrogen) atoms. The second kappa shape index (κ2) is 10.6. The van der Waals surface area contributed by atoms with Gasteiger partial charge in [-0.15, -0.1) is 0 Å². The lowest BCUT2D eigenvalue weighted by Gasteiger charge is -2.18. The quantitative estimate of drug-likeness (QED) is 0.482. The van der Waals surface area contributed by atoms with Gasteiger partial charge in [-0.1, -0.05) is 44.9 Å². The summed E-state index contributed by atoms with van der Waals surface area (Å²) in [5.74, 6) is 1.07. The zero-order valence-electron chi connectivity index (χ0n) is 15.4. The van der Waals surface area contributed by atoms with Gasteiger partial charge in [0.25, 0.3) is 0 Å². The average molecular weight is 395 g/mol. The van der Waals surface area contributed by atoms with Crippen LogP contribution in [0.1, 0.15) is 82.2 Å². The molecule has 1 saturated heterocycles. The van der Waals surface area contributed by atoms with Crippen LogP contribution >= 0.6 is 0 Å². The molecule has 1 aliphatic carbocycles. The predicted molar refractivity (Wildman–Crippen MR) is 96.3 cm³/mol. The summed E-state index contributed by atoms with van der Waals surface area (Å²) in [5.41, 5.74) is 1.51. The second-order valence-corrected chi connectivity index (χ2v) is 7.87. The molecule has 0 spiro atoms. The predicted octanol–water partition coefficient (Wildman–Crippen LogP) is 1.89. The fourth-order valence-corrected chi connectivity index (χ4v) is 4.59. The lowest BCUT2D eigenvalue weighted by atomic mass is 9.99. The first-order valence-electron chi connectivity index (χ1n) is 10.0. The minimum atomic E-state index is 0. The molecule has 1 aromatic rings. The number of aryl methyl sites for hydroxylation is 1. The molecule has 0 N–H and O–H groups in total. The van der Waals surface area contributed by atoms with Crippen LogP contribution in [0.15, 0.2) is 24.5 Å². The molecule has 1 atom stereocenters. The fraction of sp³-hybridized carbons (Fsp3) is 0.762. The molecule has 3 rings (SSSR count). The third-order valence-corrected chi connectivity index (χ3v) is 6.04. The van der Waals surface area contributed by atoms with Gasteiger partial charge in [-0.3, -0.25) is 4.90 Å². The maximum Gasteiger partial charge on any atom is 0.173 e. The SMILES string of the molecule is CN1CCC[C@H]1c1ccc[n+](CCCCCCC2CCCC2)c1.[Br-]. The molecule has 2 heterocycles. The maximum atomic E-state index is 2.50. The minimum absolute atomic E-state index is 0. The van der Waals surface area contributed by atoms with E-state index in [-0.39, 0.29) is 17.0 Å². The first-order chi connectivity index (χ1) is 11.3. The lowest BCUT2D eigenvalue weighted by Crippen LogP contribution is -3.00. The summed E-state index contributed by atoms with van der Waals surface area (Å²) in [6.45, 7) is 2.44. The van der Waals surface area contributed by atoms with Gasteiger partial charge in [0, 0.05) is 24.1 Å². The zero-order chi connectivity index (χ0) is 15.9. The fourth-order valence-electron chi connectivity index (χ4n) is 4.59.